The molecule has 0 spiro atoms. The molecule has 2 heterocycles. The van der Waals surface area contributed by atoms with E-state index in [1.54, 1.807) is 18.2 Å². The molecule has 27 heavy (non-hydrogen) atoms. The largest absolute Gasteiger partial charge is 0.493 e. The van der Waals surface area contributed by atoms with Crippen molar-refractivity contribution in [1.29, 1.82) is 0 Å². The Balaban J connectivity index is 1.65. The van der Waals surface area contributed by atoms with Gasteiger partial charge in [0.25, 0.3) is 5.91 Å². The molecule has 148 valence electrons. The maximum Gasteiger partial charge on any atom is 0.255 e. The Bertz CT molecular complexity index is 661. The second-order valence-electron chi connectivity index (χ2n) is 7.02. The van der Waals surface area contributed by atoms with Gasteiger partial charge < -0.3 is 19.7 Å². The molecule has 2 aliphatic heterocycles. The highest BCUT2D eigenvalue weighted by Gasteiger charge is 2.26. The molecule has 1 aromatic rings. The standard InChI is InChI=1S/C20H27ClN2O4/c21-16-4-5-18-17(14-16)19(24)22-8-1-2-9-23(10-3-11-27-18)20(25)15-6-12-26-13-7-15/h4-5,14-15H,1-3,6-13H2,(H,22,24). The van der Waals surface area contributed by atoms with Crippen LogP contribution in [-0.2, 0) is 9.53 Å². The number of hydrogen-bond donors (Lipinski definition) is 1. The normalized spacial score (nSPS) is 20.3. The van der Waals surface area contributed by atoms with E-state index >= 15 is 0 Å². The first kappa shape index (κ1) is 20.0. The summed E-state index contributed by atoms with van der Waals surface area (Å²) in [5.41, 5.74) is 0.455. The lowest BCUT2D eigenvalue weighted by Crippen LogP contribution is -2.40. The first-order valence-corrected chi connectivity index (χ1v) is 10.1. The number of rotatable bonds is 1. The van der Waals surface area contributed by atoms with Crippen LogP contribution in [0.4, 0.5) is 0 Å². The van der Waals surface area contributed by atoms with E-state index < -0.39 is 0 Å². The van der Waals surface area contributed by atoms with Gasteiger partial charge in [-0.25, -0.2) is 0 Å². The number of nitrogens with one attached hydrogen (secondary N) is 1. The molecule has 0 unspecified atom stereocenters. The van der Waals surface area contributed by atoms with Gasteiger partial charge in [0, 0.05) is 43.8 Å². The fraction of sp³-hybridized carbons (Fsp3) is 0.600. The molecule has 1 fully saturated rings. The van der Waals surface area contributed by atoms with Crippen molar-refractivity contribution in [2.24, 2.45) is 5.92 Å². The van der Waals surface area contributed by atoms with Gasteiger partial charge >= 0.3 is 0 Å². The molecular formula is C20H27ClN2O4. The van der Waals surface area contributed by atoms with Crippen LogP contribution in [0.15, 0.2) is 18.2 Å². The minimum Gasteiger partial charge on any atom is -0.493 e. The monoisotopic (exact) mass is 394 g/mol. The zero-order valence-corrected chi connectivity index (χ0v) is 16.3. The fourth-order valence-electron chi connectivity index (χ4n) is 3.50. The minimum absolute atomic E-state index is 0.0675. The Hall–Kier alpha value is -1.79. The summed E-state index contributed by atoms with van der Waals surface area (Å²) in [5, 5.41) is 3.42. The smallest absolute Gasteiger partial charge is 0.255 e. The second-order valence-corrected chi connectivity index (χ2v) is 7.45. The summed E-state index contributed by atoms with van der Waals surface area (Å²) in [6, 6.07) is 5.07. The van der Waals surface area contributed by atoms with Gasteiger partial charge in [0.1, 0.15) is 5.75 Å². The van der Waals surface area contributed by atoms with Crippen LogP contribution in [0.5, 0.6) is 5.75 Å². The average molecular weight is 395 g/mol. The van der Waals surface area contributed by atoms with Crippen LogP contribution < -0.4 is 10.1 Å². The quantitative estimate of drug-likeness (QED) is 0.795. The Morgan fingerprint density at radius 2 is 1.89 bits per heavy atom. The third kappa shape index (κ3) is 5.59. The Kier molecular flexibility index (Phi) is 7.35. The van der Waals surface area contributed by atoms with Crippen molar-refractivity contribution in [2.45, 2.75) is 32.1 Å². The molecule has 7 heteroatoms. The van der Waals surface area contributed by atoms with Gasteiger partial charge in [-0.1, -0.05) is 11.6 Å². The number of hydrogen-bond acceptors (Lipinski definition) is 4. The summed E-state index contributed by atoms with van der Waals surface area (Å²) < 4.78 is 11.2. The van der Waals surface area contributed by atoms with E-state index in [0.29, 0.717) is 55.8 Å². The van der Waals surface area contributed by atoms with Gasteiger partial charge in [-0.2, -0.15) is 0 Å². The Labute approximate surface area is 165 Å². The van der Waals surface area contributed by atoms with E-state index in [2.05, 4.69) is 5.32 Å². The molecule has 0 aromatic heterocycles. The number of halogens is 1. The van der Waals surface area contributed by atoms with Crippen molar-refractivity contribution in [2.75, 3.05) is 39.5 Å². The average Bonchev–Trinajstić information content (AvgIpc) is 2.71. The maximum atomic E-state index is 12.9. The van der Waals surface area contributed by atoms with Gasteiger partial charge in [0.15, 0.2) is 0 Å². The Morgan fingerprint density at radius 1 is 1.11 bits per heavy atom. The van der Waals surface area contributed by atoms with Crippen molar-refractivity contribution < 1.29 is 19.1 Å². The number of amides is 2. The SMILES string of the molecule is O=C1NCCCCN(C(=O)C2CCOCC2)CCCOc2ccc(Cl)cc21. The predicted molar refractivity (Wildman–Crippen MR) is 103 cm³/mol. The maximum absolute atomic E-state index is 12.9. The summed E-state index contributed by atoms with van der Waals surface area (Å²) in [4.78, 5) is 27.2. The molecule has 0 radical (unpaired) electrons. The van der Waals surface area contributed by atoms with E-state index in [0.717, 1.165) is 32.1 Å². The van der Waals surface area contributed by atoms with Gasteiger partial charge in [0.05, 0.1) is 12.2 Å². The molecule has 6 nitrogen and oxygen atoms in total. The van der Waals surface area contributed by atoms with Gasteiger partial charge in [-0.05, 0) is 50.3 Å². The van der Waals surface area contributed by atoms with Crippen LogP contribution in [0, 0.1) is 5.92 Å². The van der Waals surface area contributed by atoms with E-state index in [1.165, 1.54) is 0 Å². The van der Waals surface area contributed by atoms with Crippen LogP contribution in [0.3, 0.4) is 0 Å². The highest BCUT2D eigenvalue weighted by atomic mass is 35.5. The summed E-state index contributed by atoms with van der Waals surface area (Å²) in [6.45, 7) is 3.71. The molecule has 1 saturated heterocycles. The molecule has 1 N–H and O–H groups in total. The Morgan fingerprint density at radius 3 is 2.70 bits per heavy atom. The molecule has 0 saturated carbocycles. The van der Waals surface area contributed by atoms with Crippen molar-refractivity contribution in [3.63, 3.8) is 0 Å². The molecule has 1 aromatic carbocycles. The zero-order chi connectivity index (χ0) is 19.1. The van der Waals surface area contributed by atoms with Gasteiger partial charge in [-0.3, -0.25) is 9.59 Å². The minimum atomic E-state index is -0.179. The second kappa shape index (κ2) is 9.95. The first-order valence-electron chi connectivity index (χ1n) is 9.72. The van der Waals surface area contributed by atoms with Crippen LogP contribution in [0.25, 0.3) is 0 Å². The van der Waals surface area contributed by atoms with Crippen LogP contribution in [0.1, 0.15) is 42.5 Å². The lowest BCUT2D eigenvalue weighted by molar-refractivity contribution is -0.138. The molecule has 0 bridgehead atoms. The molecule has 0 aliphatic carbocycles. The van der Waals surface area contributed by atoms with Gasteiger partial charge in [-0.15, -0.1) is 0 Å². The lowest BCUT2D eigenvalue weighted by Gasteiger charge is -2.29. The highest BCUT2D eigenvalue weighted by molar-refractivity contribution is 6.31. The first-order chi connectivity index (χ1) is 13.1. The number of ether oxygens (including phenoxy) is 2. The third-order valence-corrected chi connectivity index (χ3v) is 5.27. The molecule has 0 atom stereocenters. The topological polar surface area (TPSA) is 67.9 Å². The highest BCUT2D eigenvalue weighted by Crippen LogP contribution is 2.24. The summed E-state index contributed by atoms with van der Waals surface area (Å²) in [5.74, 6) is 0.641. The molecular weight excluding hydrogens is 368 g/mol. The summed E-state index contributed by atoms with van der Waals surface area (Å²) >= 11 is 6.03. The zero-order valence-electron chi connectivity index (χ0n) is 15.5. The number of carbonyl (C=O) groups is 2. The number of fused-ring (bicyclic) bond motifs is 1. The fourth-order valence-corrected chi connectivity index (χ4v) is 3.67. The lowest BCUT2D eigenvalue weighted by atomic mass is 9.98. The van der Waals surface area contributed by atoms with Crippen molar-refractivity contribution >= 4 is 23.4 Å². The number of nitrogens with zero attached hydrogens (tertiary/aromatic N) is 1. The molecule has 3 rings (SSSR count). The number of benzene rings is 1. The van der Waals surface area contributed by atoms with E-state index in [1.807, 2.05) is 4.90 Å². The van der Waals surface area contributed by atoms with Crippen molar-refractivity contribution in [1.82, 2.24) is 10.2 Å². The van der Waals surface area contributed by atoms with E-state index in [9.17, 15) is 9.59 Å². The van der Waals surface area contributed by atoms with E-state index in [4.69, 9.17) is 21.1 Å². The van der Waals surface area contributed by atoms with Gasteiger partial charge in [0.2, 0.25) is 5.91 Å². The van der Waals surface area contributed by atoms with Crippen LogP contribution in [0.2, 0.25) is 5.02 Å². The number of carbonyl (C=O) groups excluding carboxylic acids is 2. The van der Waals surface area contributed by atoms with Crippen molar-refractivity contribution in [3.8, 4) is 5.75 Å². The summed E-state index contributed by atoms with van der Waals surface area (Å²) in [6.07, 6.45) is 4.00. The predicted octanol–water partition coefficient (Wildman–Crippen LogP) is 2.89. The van der Waals surface area contributed by atoms with E-state index in [-0.39, 0.29) is 17.7 Å². The van der Waals surface area contributed by atoms with Crippen LogP contribution >= 0.6 is 11.6 Å². The van der Waals surface area contributed by atoms with Crippen LogP contribution in [-0.4, -0.2) is 56.2 Å². The third-order valence-electron chi connectivity index (χ3n) is 5.04. The summed E-state index contributed by atoms with van der Waals surface area (Å²) in [7, 11) is 0. The molecule has 2 aliphatic rings. The molecule has 2 amide bonds. The van der Waals surface area contributed by atoms with Crippen molar-refractivity contribution in [3.05, 3.63) is 28.8 Å².